The fraction of sp³-hybridized carbons (Fsp3) is 0.562. The van der Waals surface area contributed by atoms with Gasteiger partial charge >= 0.3 is 0 Å². The zero-order valence-corrected chi connectivity index (χ0v) is 12.2. The molecule has 1 aliphatic rings. The first-order valence-corrected chi connectivity index (χ1v) is 6.99. The molecule has 1 fully saturated rings. The summed E-state index contributed by atoms with van der Waals surface area (Å²) >= 11 is 0. The summed E-state index contributed by atoms with van der Waals surface area (Å²) in [5.41, 5.74) is 2.80. The minimum absolute atomic E-state index is 0.179. The molecule has 19 heavy (non-hydrogen) atoms. The van der Waals surface area contributed by atoms with Gasteiger partial charge in [-0.05, 0) is 29.9 Å². The van der Waals surface area contributed by atoms with Crippen molar-refractivity contribution in [2.75, 3.05) is 7.11 Å². The smallest absolute Gasteiger partial charge is 0.0688 e. The summed E-state index contributed by atoms with van der Waals surface area (Å²) in [4.78, 5) is 0. The summed E-state index contributed by atoms with van der Waals surface area (Å²) in [6.07, 6.45) is 4.54. The molecule has 3 rings (SSSR count). The van der Waals surface area contributed by atoms with Crippen molar-refractivity contribution in [3.8, 4) is 0 Å². The van der Waals surface area contributed by atoms with Gasteiger partial charge < -0.3 is 4.74 Å². The molecule has 1 saturated carbocycles. The maximum absolute atomic E-state index is 5.36. The zero-order valence-electron chi connectivity index (χ0n) is 12.2. The third-order valence-corrected chi connectivity index (χ3v) is 4.21. The van der Waals surface area contributed by atoms with Crippen molar-refractivity contribution in [3.63, 3.8) is 0 Å². The van der Waals surface area contributed by atoms with E-state index in [9.17, 15) is 0 Å². The average Bonchev–Trinajstić information content (AvgIpc) is 2.70. The summed E-state index contributed by atoms with van der Waals surface area (Å²) < 4.78 is 7.54. The molecule has 0 saturated heterocycles. The summed E-state index contributed by atoms with van der Waals surface area (Å²) in [7, 11) is 1.79. The van der Waals surface area contributed by atoms with Crippen molar-refractivity contribution in [2.45, 2.75) is 51.2 Å². The zero-order chi connectivity index (χ0) is 13.6. The van der Waals surface area contributed by atoms with E-state index in [0.29, 0.717) is 12.1 Å². The summed E-state index contributed by atoms with van der Waals surface area (Å²) in [6, 6.07) is 7.19. The highest BCUT2D eigenvalue weighted by Crippen LogP contribution is 2.36. The maximum atomic E-state index is 5.36. The van der Waals surface area contributed by atoms with Gasteiger partial charge in [-0.2, -0.15) is 5.10 Å². The molecular formula is C16H22N2O. The van der Waals surface area contributed by atoms with Crippen molar-refractivity contribution in [1.29, 1.82) is 0 Å². The van der Waals surface area contributed by atoms with Crippen LogP contribution in [0.2, 0.25) is 0 Å². The molecule has 0 bridgehead atoms. The van der Waals surface area contributed by atoms with Crippen molar-refractivity contribution >= 4 is 10.9 Å². The predicted octanol–water partition coefficient (Wildman–Crippen LogP) is 3.68. The van der Waals surface area contributed by atoms with Crippen LogP contribution < -0.4 is 0 Å². The lowest BCUT2D eigenvalue weighted by atomic mass is 9.86. The number of fused-ring (bicyclic) bond motifs is 1. The number of nitrogens with zero attached hydrogens (tertiary/aromatic N) is 2. The standard InChI is InChI=1S/C16H22N2O/c1-16(2,3)12-6-5-11-10-17-18(15(11)7-12)13-8-14(9-13)19-4/h5-7,10,13-14H,8-9H2,1-4H3. The third kappa shape index (κ3) is 2.16. The van der Waals surface area contributed by atoms with Gasteiger partial charge in [-0.15, -0.1) is 0 Å². The first kappa shape index (κ1) is 12.7. The van der Waals surface area contributed by atoms with Crippen LogP contribution in [0.15, 0.2) is 24.4 Å². The predicted molar refractivity (Wildman–Crippen MR) is 77.5 cm³/mol. The van der Waals surface area contributed by atoms with Gasteiger partial charge in [0.2, 0.25) is 0 Å². The van der Waals surface area contributed by atoms with E-state index < -0.39 is 0 Å². The van der Waals surface area contributed by atoms with Gasteiger partial charge in [0.15, 0.2) is 0 Å². The quantitative estimate of drug-likeness (QED) is 0.821. The number of hydrogen-bond acceptors (Lipinski definition) is 2. The van der Waals surface area contributed by atoms with E-state index in [4.69, 9.17) is 4.74 Å². The highest BCUT2D eigenvalue weighted by Gasteiger charge is 2.32. The number of rotatable bonds is 2. The van der Waals surface area contributed by atoms with Crippen LogP contribution in [0.5, 0.6) is 0 Å². The molecule has 2 aromatic rings. The van der Waals surface area contributed by atoms with E-state index >= 15 is 0 Å². The number of methoxy groups -OCH3 is 1. The average molecular weight is 258 g/mol. The number of hydrogen-bond donors (Lipinski definition) is 0. The second kappa shape index (κ2) is 4.34. The van der Waals surface area contributed by atoms with E-state index in [1.807, 2.05) is 6.20 Å². The fourth-order valence-corrected chi connectivity index (χ4v) is 2.73. The van der Waals surface area contributed by atoms with Gasteiger partial charge in [0.05, 0.1) is 23.9 Å². The highest BCUT2D eigenvalue weighted by atomic mass is 16.5. The summed E-state index contributed by atoms with van der Waals surface area (Å²) in [5, 5.41) is 5.80. The molecule has 0 atom stereocenters. The second-order valence-electron chi connectivity index (χ2n) is 6.60. The highest BCUT2D eigenvalue weighted by molar-refractivity contribution is 5.79. The van der Waals surface area contributed by atoms with E-state index in [0.717, 1.165) is 12.8 Å². The minimum Gasteiger partial charge on any atom is -0.381 e. The Morgan fingerprint density at radius 1 is 1.26 bits per heavy atom. The molecule has 1 aliphatic carbocycles. The number of ether oxygens (including phenoxy) is 1. The summed E-state index contributed by atoms with van der Waals surface area (Å²) in [6.45, 7) is 6.75. The second-order valence-corrected chi connectivity index (χ2v) is 6.60. The maximum Gasteiger partial charge on any atom is 0.0688 e. The largest absolute Gasteiger partial charge is 0.381 e. The van der Waals surface area contributed by atoms with Crippen LogP contribution in [0.25, 0.3) is 10.9 Å². The van der Waals surface area contributed by atoms with Crippen LogP contribution in [0, 0.1) is 0 Å². The SMILES string of the molecule is COC1CC(n2ncc3ccc(C(C)(C)C)cc32)C1. The molecule has 0 unspecified atom stereocenters. The van der Waals surface area contributed by atoms with Crippen LogP contribution in [0.3, 0.4) is 0 Å². The molecule has 0 radical (unpaired) electrons. The van der Waals surface area contributed by atoms with Gasteiger partial charge in [0.25, 0.3) is 0 Å². The Kier molecular flexibility index (Phi) is 2.90. The molecule has 0 amide bonds. The molecule has 102 valence electrons. The molecule has 0 spiro atoms. The lowest BCUT2D eigenvalue weighted by Crippen LogP contribution is -2.33. The molecule has 1 aromatic heterocycles. The van der Waals surface area contributed by atoms with Crippen molar-refractivity contribution in [2.24, 2.45) is 0 Å². The van der Waals surface area contributed by atoms with Gasteiger partial charge in [-0.3, -0.25) is 4.68 Å². The van der Waals surface area contributed by atoms with Crippen LogP contribution in [-0.2, 0) is 10.2 Å². The van der Waals surface area contributed by atoms with E-state index in [2.05, 4.69) is 48.8 Å². The third-order valence-electron chi connectivity index (χ3n) is 4.21. The van der Waals surface area contributed by atoms with Crippen LogP contribution in [0.4, 0.5) is 0 Å². The van der Waals surface area contributed by atoms with Gasteiger partial charge in [0, 0.05) is 12.5 Å². The molecule has 0 aliphatic heterocycles. The van der Waals surface area contributed by atoms with Gasteiger partial charge in [-0.25, -0.2) is 0 Å². The van der Waals surface area contributed by atoms with Crippen molar-refractivity contribution in [1.82, 2.24) is 9.78 Å². The number of benzene rings is 1. The van der Waals surface area contributed by atoms with Crippen LogP contribution >= 0.6 is 0 Å². The Bertz CT molecular complexity index is 588. The molecular weight excluding hydrogens is 236 g/mol. The molecule has 3 heteroatoms. The van der Waals surface area contributed by atoms with E-state index in [1.54, 1.807) is 7.11 Å². The van der Waals surface area contributed by atoms with Crippen molar-refractivity contribution < 1.29 is 4.74 Å². The lowest BCUT2D eigenvalue weighted by molar-refractivity contribution is 0.00387. The molecule has 1 aromatic carbocycles. The Morgan fingerprint density at radius 2 is 2.00 bits per heavy atom. The normalized spacial score (nSPS) is 23.6. The van der Waals surface area contributed by atoms with Gasteiger partial charge in [0.1, 0.15) is 0 Å². The lowest BCUT2D eigenvalue weighted by Gasteiger charge is -2.34. The van der Waals surface area contributed by atoms with Crippen molar-refractivity contribution in [3.05, 3.63) is 30.0 Å². The first-order valence-electron chi connectivity index (χ1n) is 6.99. The van der Waals surface area contributed by atoms with Crippen LogP contribution in [-0.4, -0.2) is 23.0 Å². The number of aromatic nitrogens is 2. The molecule has 0 N–H and O–H groups in total. The van der Waals surface area contributed by atoms with Crippen LogP contribution in [0.1, 0.15) is 45.2 Å². The van der Waals surface area contributed by atoms with E-state index in [1.165, 1.54) is 16.5 Å². The first-order chi connectivity index (χ1) is 8.99. The minimum atomic E-state index is 0.179. The van der Waals surface area contributed by atoms with Gasteiger partial charge in [-0.1, -0.05) is 32.9 Å². The summed E-state index contributed by atoms with van der Waals surface area (Å²) in [5.74, 6) is 0. The fourth-order valence-electron chi connectivity index (χ4n) is 2.73. The monoisotopic (exact) mass is 258 g/mol. The molecule has 1 heterocycles. The van der Waals surface area contributed by atoms with E-state index in [-0.39, 0.29) is 5.41 Å². The Hall–Kier alpha value is -1.35. The molecule has 3 nitrogen and oxygen atoms in total. The Balaban J connectivity index is 1.97. The Morgan fingerprint density at radius 3 is 2.63 bits per heavy atom. The Labute approximate surface area is 114 Å². The topological polar surface area (TPSA) is 27.1 Å².